The van der Waals surface area contributed by atoms with Gasteiger partial charge < -0.3 is 24.3 Å². The summed E-state index contributed by atoms with van der Waals surface area (Å²) in [6, 6.07) is 15.3. The molecule has 8 rings (SSSR count). The van der Waals surface area contributed by atoms with E-state index in [-0.39, 0.29) is 12.1 Å². The van der Waals surface area contributed by atoms with Crippen molar-refractivity contribution in [2.45, 2.75) is 63.6 Å². The minimum atomic E-state index is -0.902. The van der Waals surface area contributed by atoms with Crippen LogP contribution in [0.5, 0.6) is 0 Å². The number of aromatic nitrogens is 5. The summed E-state index contributed by atoms with van der Waals surface area (Å²) in [6.45, 7) is 3.32. The number of carbonyl (C=O) groups is 2. The number of aromatic amines is 1. The molecule has 2 aromatic carbocycles. The Bertz CT molecular complexity index is 2000. The fourth-order valence-electron chi connectivity index (χ4n) is 8.05. The van der Waals surface area contributed by atoms with Gasteiger partial charge in [0.25, 0.3) is 0 Å². The lowest BCUT2D eigenvalue weighted by atomic mass is 9.90. The normalized spacial score (nSPS) is 20.8. The van der Waals surface area contributed by atoms with E-state index < -0.39 is 12.2 Å². The third kappa shape index (κ3) is 4.39. The molecule has 3 N–H and O–H groups in total. The Morgan fingerprint density at radius 1 is 0.891 bits per heavy atom. The van der Waals surface area contributed by atoms with Gasteiger partial charge in [-0.05, 0) is 68.4 Å². The zero-order valence-corrected chi connectivity index (χ0v) is 26.0. The van der Waals surface area contributed by atoms with Crippen LogP contribution in [0.1, 0.15) is 74.4 Å². The molecule has 0 aliphatic carbocycles. The summed E-state index contributed by atoms with van der Waals surface area (Å²) in [7, 11) is 1.98. The summed E-state index contributed by atoms with van der Waals surface area (Å²) in [5.41, 5.74) is 8.90. The van der Waals surface area contributed by atoms with Gasteiger partial charge in [-0.2, -0.15) is 0 Å². The summed E-state index contributed by atoms with van der Waals surface area (Å²) in [5.74, 6) is 1.49. The zero-order chi connectivity index (χ0) is 31.7. The molecule has 0 bridgehead atoms. The number of imidazole rings is 2. The predicted molar refractivity (Wildman–Crippen MR) is 174 cm³/mol. The Kier molecular flexibility index (Phi) is 6.66. The zero-order valence-electron chi connectivity index (χ0n) is 26.0. The molecule has 2 saturated heterocycles. The predicted octanol–water partition coefficient (Wildman–Crippen LogP) is 7.24. The number of likely N-dealkylation sites (tertiary alicyclic amines) is 2. The average molecular weight is 620 g/mol. The number of hydrogen-bond acceptors (Lipinski definition) is 4. The van der Waals surface area contributed by atoms with Crippen LogP contribution in [0.25, 0.3) is 44.7 Å². The second-order valence-corrected chi connectivity index (χ2v) is 12.8. The Labute approximate surface area is 266 Å². The maximum absolute atomic E-state index is 11.8. The molecular formula is C35H37N7O4. The van der Waals surface area contributed by atoms with E-state index in [1.807, 2.05) is 19.4 Å². The summed E-state index contributed by atoms with van der Waals surface area (Å²) in [5, 5.41) is 20.4. The van der Waals surface area contributed by atoms with Crippen molar-refractivity contribution in [3.63, 3.8) is 0 Å². The van der Waals surface area contributed by atoms with Gasteiger partial charge in [0, 0.05) is 59.5 Å². The van der Waals surface area contributed by atoms with E-state index >= 15 is 0 Å². The van der Waals surface area contributed by atoms with Gasteiger partial charge in [0.1, 0.15) is 11.6 Å². The second-order valence-electron chi connectivity index (χ2n) is 12.8. The van der Waals surface area contributed by atoms with Crippen LogP contribution in [0.15, 0.2) is 54.9 Å². The van der Waals surface area contributed by atoms with Gasteiger partial charge in [0.15, 0.2) is 0 Å². The molecule has 3 aliphatic heterocycles. The molecule has 3 aliphatic rings. The fraction of sp³-hybridized carbons (Fsp3) is 0.371. The van der Waals surface area contributed by atoms with Gasteiger partial charge >= 0.3 is 12.2 Å². The molecule has 0 spiro atoms. The van der Waals surface area contributed by atoms with Gasteiger partial charge in [-0.25, -0.2) is 19.6 Å². The first-order valence-corrected chi connectivity index (χ1v) is 16.2. The molecule has 3 aromatic heterocycles. The molecule has 2 amide bonds. The van der Waals surface area contributed by atoms with E-state index in [9.17, 15) is 19.8 Å². The van der Waals surface area contributed by atoms with Crippen LogP contribution in [0.4, 0.5) is 9.59 Å². The highest BCUT2D eigenvalue weighted by molar-refractivity contribution is 5.92. The Morgan fingerprint density at radius 3 is 2.39 bits per heavy atom. The van der Waals surface area contributed by atoms with E-state index in [0.29, 0.717) is 25.0 Å². The fourth-order valence-corrected chi connectivity index (χ4v) is 8.05. The summed E-state index contributed by atoms with van der Waals surface area (Å²) >= 11 is 0. The van der Waals surface area contributed by atoms with E-state index in [0.717, 1.165) is 72.3 Å². The summed E-state index contributed by atoms with van der Waals surface area (Å²) in [4.78, 5) is 39.1. The monoisotopic (exact) mass is 619 g/mol. The lowest BCUT2D eigenvalue weighted by Crippen LogP contribution is -2.30. The average Bonchev–Trinajstić information content (AvgIpc) is 3.88. The quantitative estimate of drug-likeness (QED) is 0.190. The molecule has 2 fully saturated rings. The second kappa shape index (κ2) is 10.8. The number of benzene rings is 2. The summed E-state index contributed by atoms with van der Waals surface area (Å²) in [6.07, 6.45) is 7.06. The Morgan fingerprint density at radius 2 is 1.63 bits per heavy atom. The van der Waals surface area contributed by atoms with Gasteiger partial charge in [-0.3, -0.25) is 9.80 Å². The minimum Gasteiger partial charge on any atom is -0.465 e. The van der Waals surface area contributed by atoms with Crippen LogP contribution in [-0.4, -0.2) is 69.4 Å². The number of rotatable bonds is 5. The number of carboxylic acid groups (broad SMARTS) is 2. The molecule has 0 radical (unpaired) electrons. The number of fused-ring (bicyclic) bond motifs is 5. The molecule has 6 heterocycles. The molecule has 11 nitrogen and oxygen atoms in total. The van der Waals surface area contributed by atoms with Gasteiger partial charge in [-0.1, -0.05) is 25.1 Å². The van der Waals surface area contributed by atoms with Crippen LogP contribution in [0.2, 0.25) is 0 Å². The van der Waals surface area contributed by atoms with E-state index in [4.69, 9.17) is 4.98 Å². The molecule has 236 valence electrons. The SMILES string of the molecule is CCC1Cc2cc(-c3cnc(C4CCCN4C(=O)O)n3C)ccc2-c2cc3cc(-c4cnc(C5CCCN5C(=O)O)[nH]4)ccc3n21. The number of H-pyrrole nitrogens is 1. The van der Waals surface area contributed by atoms with Crippen molar-refractivity contribution in [2.75, 3.05) is 13.1 Å². The van der Waals surface area contributed by atoms with Gasteiger partial charge in [0.2, 0.25) is 0 Å². The first-order valence-electron chi connectivity index (χ1n) is 16.2. The van der Waals surface area contributed by atoms with E-state index in [1.165, 1.54) is 32.1 Å². The first kappa shape index (κ1) is 28.4. The van der Waals surface area contributed by atoms with Crippen molar-refractivity contribution in [2.24, 2.45) is 7.05 Å². The van der Waals surface area contributed by atoms with Crippen molar-refractivity contribution < 1.29 is 19.8 Å². The summed E-state index contributed by atoms with van der Waals surface area (Å²) < 4.78 is 4.53. The van der Waals surface area contributed by atoms with Gasteiger partial charge in [0.05, 0.1) is 35.9 Å². The number of amides is 2. The van der Waals surface area contributed by atoms with Crippen LogP contribution >= 0.6 is 0 Å². The highest BCUT2D eigenvalue weighted by atomic mass is 16.4. The Hall–Kier alpha value is -5.06. The third-order valence-electron chi connectivity index (χ3n) is 10.3. The van der Waals surface area contributed by atoms with Crippen molar-refractivity contribution in [3.05, 3.63) is 72.1 Å². The smallest absolute Gasteiger partial charge is 0.407 e. The van der Waals surface area contributed by atoms with Gasteiger partial charge in [-0.15, -0.1) is 0 Å². The van der Waals surface area contributed by atoms with Crippen molar-refractivity contribution in [1.29, 1.82) is 0 Å². The number of nitrogens with one attached hydrogen (secondary N) is 1. The van der Waals surface area contributed by atoms with Crippen molar-refractivity contribution in [3.8, 4) is 33.8 Å². The van der Waals surface area contributed by atoms with E-state index in [2.05, 4.69) is 68.5 Å². The van der Waals surface area contributed by atoms with Crippen LogP contribution in [0.3, 0.4) is 0 Å². The highest BCUT2D eigenvalue weighted by Gasteiger charge is 2.34. The molecule has 5 aromatic rings. The standard InChI is InChI=1S/C35H37N7O4/c1-3-24-16-22-15-21(31-19-37-33(39(31)2)29-7-5-13-41(29)35(45)46)8-10-25(22)30-17-23-14-20(9-11-27(23)42(24)30)26-18-36-32(38-26)28-6-4-12-40(28)34(43)44/h8-11,14-15,17-19,24,28-29H,3-7,12-13,16H2,1-2H3,(H,36,38)(H,43,44)(H,45,46). The molecule has 46 heavy (non-hydrogen) atoms. The number of hydrogen-bond donors (Lipinski definition) is 3. The maximum atomic E-state index is 11.8. The topological polar surface area (TPSA) is 133 Å². The van der Waals surface area contributed by atoms with Crippen molar-refractivity contribution >= 4 is 23.1 Å². The Balaban J connectivity index is 1.13. The largest absolute Gasteiger partial charge is 0.465 e. The number of nitrogens with zero attached hydrogens (tertiary/aromatic N) is 6. The molecule has 0 saturated carbocycles. The minimum absolute atomic E-state index is 0.213. The van der Waals surface area contributed by atoms with Crippen LogP contribution in [-0.2, 0) is 13.5 Å². The van der Waals surface area contributed by atoms with Crippen molar-refractivity contribution in [1.82, 2.24) is 33.9 Å². The lowest BCUT2D eigenvalue weighted by molar-refractivity contribution is 0.137. The lowest BCUT2D eigenvalue weighted by Gasteiger charge is -2.29. The molecule has 3 atom stereocenters. The maximum Gasteiger partial charge on any atom is 0.407 e. The van der Waals surface area contributed by atoms with E-state index in [1.54, 1.807) is 0 Å². The molecule has 11 heteroatoms. The first-order chi connectivity index (χ1) is 22.3. The molecule has 3 unspecified atom stereocenters. The third-order valence-corrected chi connectivity index (χ3v) is 10.3. The van der Waals surface area contributed by atoms with Crippen LogP contribution < -0.4 is 0 Å². The molecular weight excluding hydrogens is 582 g/mol. The highest BCUT2D eigenvalue weighted by Crippen LogP contribution is 2.43. The van der Waals surface area contributed by atoms with Crippen LogP contribution in [0, 0.1) is 0 Å².